The number of carbonyl (C=O) groups excluding carboxylic acids is 3. The largest absolute Gasteiger partial charge is 0.456 e. The highest BCUT2D eigenvalue weighted by molar-refractivity contribution is 5.98. The third-order valence-corrected chi connectivity index (χ3v) is 4.21. The average Bonchev–Trinajstić information content (AvgIpc) is 2.74. The minimum absolute atomic E-state index is 0.128. The molecule has 0 unspecified atom stereocenters. The van der Waals surface area contributed by atoms with Crippen LogP contribution >= 0.6 is 0 Å². The molecule has 1 N–H and O–H groups in total. The van der Waals surface area contributed by atoms with Gasteiger partial charge in [-0.15, -0.1) is 0 Å². The highest BCUT2D eigenvalue weighted by atomic mass is 16.5. The Labute approximate surface area is 166 Å². The third-order valence-electron chi connectivity index (χ3n) is 4.21. The van der Waals surface area contributed by atoms with Crippen LogP contribution in [0.25, 0.3) is 10.9 Å². The van der Waals surface area contributed by atoms with Gasteiger partial charge in [0.1, 0.15) is 6.54 Å². The molecule has 0 spiro atoms. The lowest BCUT2D eigenvalue weighted by molar-refractivity contribution is -0.143. The van der Waals surface area contributed by atoms with Crippen LogP contribution in [0.2, 0.25) is 0 Å². The van der Waals surface area contributed by atoms with Crippen molar-refractivity contribution >= 4 is 34.3 Å². The molecule has 3 aromatic rings. The quantitative estimate of drug-likeness (QED) is 0.487. The number of nitrogens with zero attached hydrogens (tertiary/aromatic N) is 2. The summed E-state index contributed by atoms with van der Waals surface area (Å²) in [5.74, 6) is -1.24. The van der Waals surface area contributed by atoms with Gasteiger partial charge in [-0.05, 0) is 36.4 Å². The summed E-state index contributed by atoms with van der Waals surface area (Å²) in [6.07, 6.45) is 1.63. The zero-order valence-corrected chi connectivity index (χ0v) is 15.8. The fourth-order valence-electron chi connectivity index (χ4n) is 2.62. The van der Waals surface area contributed by atoms with Crippen LogP contribution in [0.4, 0.5) is 5.69 Å². The van der Waals surface area contributed by atoms with Gasteiger partial charge in [0.15, 0.2) is 12.4 Å². The summed E-state index contributed by atoms with van der Waals surface area (Å²) in [6, 6.07) is 13.1. The highest BCUT2D eigenvalue weighted by Gasteiger charge is 2.12. The summed E-state index contributed by atoms with van der Waals surface area (Å²) in [6.45, 7) is 0.949. The normalized spacial score (nSPS) is 10.5. The van der Waals surface area contributed by atoms with Crippen LogP contribution in [0.5, 0.6) is 0 Å². The van der Waals surface area contributed by atoms with Crippen molar-refractivity contribution in [1.29, 1.82) is 0 Å². The highest BCUT2D eigenvalue weighted by Crippen LogP contribution is 2.11. The molecule has 0 saturated carbocycles. The molecule has 1 aromatic heterocycles. The zero-order chi connectivity index (χ0) is 20.8. The van der Waals surface area contributed by atoms with Gasteiger partial charge in [-0.2, -0.15) is 0 Å². The van der Waals surface area contributed by atoms with Crippen molar-refractivity contribution in [2.45, 2.75) is 19.9 Å². The van der Waals surface area contributed by atoms with Crippen molar-refractivity contribution in [2.24, 2.45) is 0 Å². The Morgan fingerprint density at radius 1 is 1.07 bits per heavy atom. The Morgan fingerprint density at radius 3 is 2.52 bits per heavy atom. The lowest BCUT2D eigenvalue weighted by Crippen LogP contribution is -2.26. The number of hydrogen-bond acceptors (Lipinski definition) is 6. The molecular formula is C21H19N3O5. The van der Waals surface area contributed by atoms with Crippen molar-refractivity contribution < 1.29 is 19.1 Å². The summed E-state index contributed by atoms with van der Waals surface area (Å²) < 4.78 is 6.13. The second kappa shape index (κ2) is 8.92. The molecule has 0 fully saturated rings. The maximum atomic E-state index is 12.4. The molecule has 0 atom stereocenters. The van der Waals surface area contributed by atoms with E-state index in [9.17, 15) is 19.2 Å². The van der Waals surface area contributed by atoms with Crippen LogP contribution in [0, 0.1) is 0 Å². The first-order valence-electron chi connectivity index (χ1n) is 9.01. The van der Waals surface area contributed by atoms with Crippen molar-refractivity contribution in [3.63, 3.8) is 0 Å². The molecule has 0 saturated heterocycles. The van der Waals surface area contributed by atoms with E-state index in [2.05, 4.69) is 10.3 Å². The lowest BCUT2D eigenvalue weighted by atomic mass is 10.1. The van der Waals surface area contributed by atoms with Gasteiger partial charge in [-0.1, -0.05) is 19.1 Å². The van der Waals surface area contributed by atoms with Crippen LogP contribution in [0.1, 0.15) is 23.7 Å². The molecule has 0 bridgehead atoms. The fourth-order valence-corrected chi connectivity index (χ4v) is 2.62. The molecule has 8 nitrogen and oxygen atoms in total. The molecule has 1 heterocycles. The zero-order valence-electron chi connectivity index (χ0n) is 15.8. The van der Waals surface area contributed by atoms with Gasteiger partial charge < -0.3 is 10.1 Å². The Hall–Kier alpha value is -3.81. The van der Waals surface area contributed by atoms with Gasteiger partial charge in [0.2, 0.25) is 5.91 Å². The van der Waals surface area contributed by atoms with Gasteiger partial charge in [0, 0.05) is 17.7 Å². The summed E-state index contributed by atoms with van der Waals surface area (Å²) in [5, 5.41) is 3.08. The molecule has 0 radical (unpaired) electrons. The van der Waals surface area contributed by atoms with E-state index in [1.807, 2.05) is 0 Å². The molecule has 29 heavy (non-hydrogen) atoms. The van der Waals surface area contributed by atoms with Crippen molar-refractivity contribution in [2.75, 3.05) is 11.9 Å². The number of ether oxygens (including phenoxy) is 1. The number of nitrogens with one attached hydrogen (secondary N) is 1. The van der Waals surface area contributed by atoms with E-state index in [4.69, 9.17) is 4.74 Å². The number of esters is 1. The monoisotopic (exact) mass is 393 g/mol. The van der Waals surface area contributed by atoms with Crippen LogP contribution in [-0.2, 0) is 20.9 Å². The number of Topliss-reactive ketones (excluding diaryl/α,β-unsaturated/α-hetero) is 1. The van der Waals surface area contributed by atoms with Crippen LogP contribution in [-0.4, -0.2) is 33.8 Å². The molecule has 8 heteroatoms. The maximum absolute atomic E-state index is 12.4. The average molecular weight is 393 g/mol. The molecule has 0 aliphatic carbocycles. The predicted octanol–water partition coefficient (Wildman–Crippen LogP) is 2.17. The van der Waals surface area contributed by atoms with E-state index in [-0.39, 0.29) is 18.0 Å². The maximum Gasteiger partial charge on any atom is 0.326 e. The predicted molar refractivity (Wildman–Crippen MR) is 107 cm³/mol. The van der Waals surface area contributed by atoms with Crippen molar-refractivity contribution in [1.82, 2.24) is 9.55 Å². The number of aromatic nitrogens is 2. The topological polar surface area (TPSA) is 107 Å². The second-order valence-electron chi connectivity index (χ2n) is 6.26. The summed E-state index contributed by atoms with van der Waals surface area (Å²) >= 11 is 0. The first-order chi connectivity index (χ1) is 14.0. The Balaban J connectivity index is 1.58. The Morgan fingerprint density at radius 2 is 1.79 bits per heavy atom. The Bertz CT molecular complexity index is 1120. The number of amides is 1. The van der Waals surface area contributed by atoms with E-state index in [0.717, 1.165) is 4.57 Å². The number of carbonyl (C=O) groups is 3. The lowest BCUT2D eigenvalue weighted by Gasteiger charge is -2.08. The van der Waals surface area contributed by atoms with E-state index in [0.29, 0.717) is 28.6 Å². The molecule has 3 rings (SSSR count). The SMILES string of the molecule is CCC(=O)Nc1ccc(C(=O)COC(=O)Cn2cnc3ccccc3c2=O)cc1. The number of para-hydroxylation sites is 1. The number of fused-ring (bicyclic) bond motifs is 1. The first-order valence-corrected chi connectivity index (χ1v) is 9.01. The van der Waals surface area contributed by atoms with Gasteiger partial charge in [-0.3, -0.25) is 23.7 Å². The number of ketones is 1. The van der Waals surface area contributed by atoms with Crippen molar-refractivity contribution in [3.8, 4) is 0 Å². The van der Waals surface area contributed by atoms with Gasteiger partial charge in [-0.25, -0.2) is 4.98 Å². The number of hydrogen-bond donors (Lipinski definition) is 1. The van der Waals surface area contributed by atoms with Gasteiger partial charge in [0.05, 0.1) is 17.2 Å². The van der Waals surface area contributed by atoms with Crippen LogP contribution < -0.4 is 10.9 Å². The summed E-state index contributed by atoms with van der Waals surface area (Å²) in [7, 11) is 0. The van der Waals surface area contributed by atoms with E-state index in [1.54, 1.807) is 55.5 Å². The number of anilines is 1. The van der Waals surface area contributed by atoms with Crippen molar-refractivity contribution in [3.05, 3.63) is 70.8 Å². The van der Waals surface area contributed by atoms with Crippen LogP contribution in [0.3, 0.4) is 0 Å². The molecule has 0 aliphatic rings. The molecular weight excluding hydrogens is 374 g/mol. The standard InChI is InChI=1S/C21H19N3O5/c1-2-19(26)23-15-9-7-14(8-10-15)18(25)12-29-20(27)11-24-13-22-17-6-4-3-5-16(17)21(24)28/h3-10,13H,2,11-12H2,1H3,(H,23,26). The second-order valence-corrected chi connectivity index (χ2v) is 6.26. The van der Waals surface area contributed by atoms with Gasteiger partial charge >= 0.3 is 5.97 Å². The Kier molecular flexibility index (Phi) is 6.13. The third kappa shape index (κ3) is 4.92. The number of rotatable bonds is 7. The van der Waals surface area contributed by atoms with Gasteiger partial charge in [0.25, 0.3) is 5.56 Å². The molecule has 148 valence electrons. The molecule has 0 aliphatic heterocycles. The molecule has 1 amide bonds. The molecule has 2 aromatic carbocycles. The minimum Gasteiger partial charge on any atom is -0.456 e. The minimum atomic E-state index is -0.718. The fraction of sp³-hybridized carbons (Fsp3) is 0.190. The van der Waals surface area contributed by atoms with E-state index >= 15 is 0 Å². The van der Waals surface area contributed by atoms with Crippen LogP contribution in [0.15, 0.2) is 59.7 Å². The number of benzene rings is 2. The summed E-state index contributed by atoms with van der Waals surface area (Å²) in [4.78, 5) is 52.1. The smallest absolute Gasteiger partial charge is 0.326 e. The first kappa shape index (κ1) is 19.9. The van der Waals surface area contributed by atoms with E-state index < -0.39 is 18.4 Å². The van der Waals surface area contributed by atoms with E-state index in [1.165, 1.54) is 6.33 Å². The summed E-state index contributed by atoms with van der Waals surface area (Å²) in [5.41, 5.74) is 1.10.